The van der Waals surface area contributed by atoms with Crippen LogP contribution in [0.15, 0.2) is 23.1 Å². The van der Waals surface area contributed by atoms with E-state index >= 15 is 0 Å². The van der Waals surface area contributed by atoms with E-state index in [4.69, 9.17) is 22.7 Å². The van der Waals surface area contributed by atoms with Crippen LogP contribution in [0.3, 0.4) is 0 Å². The number of rotatable bonds is 8. The van der Waals surface area contributed by atoms with Crippen LogP contribution in [0.4, 0.5) is 0 Å². The van der Waals surface area contributed by atoms with E-state index in [0.717, 1.165) is 19.3 Å². The first kappa shape index (κ1) is 14.7. The highest BCUT2D eigenvalue weighted by Crippen LogP contribution is 2.04. The molecule has 0 bridgehead atoms. The number of nitrogens with two attached hydrogens (primary N) is 1. The number of hydrogen-bond donors (Lipinski definition) is 1. The Morgan fingerprint density at radius 3 is 2.94 bits per heavy atom. The van der Waals surface area contributed by atoms with Gasteiger partial charge in [-0.15, -0.1) is 0 Å². The summed E-state index contributed by atoms with van der Waals surface area (Å²) in [5.41, 5.74) is 5.31. The second-order valence-corrected chi connectivity index (χ2v) is 4.67. The molecule has 1 aromatic rings. The maximum Gasteiger partial charge on any atom is 0.292 e. The van der Waals surface area contributed by atoms with Crippen LogP contribution < -0.4 is 16.0 Å². The van der Waals surface area contributed by atoms with Crippen molar-refractivity contribution in [1.29, 1.82) is 0 Å². The number of nitrogens with zero attached hydrogens (tertiary/aromatic N) is 1. The molecule has 0 fully saturated rings. The van der Waals surface area contributed by atoms with Crippen molar-refractivity contribution in [2.75, 3.05) is 6.61 Å². The minimum absolute atomic E-state index is 0.120. The molecule has 0 aliphatic heterocycles. The Hall–Kier alpha value is -1.36. The van der Waals surface area contributed by atoms with E-state index in [2.05, 4.69) is 6.92 Å². The van der Waals surface area contributed by atoms with Gasteiger partial charge >= 0.3 is 0 Å². The van der Waals surface area contributed by atoms with Gasteiger partial charge in [0, 0.05) is 19.2 Å². The SMILES string of the molecule is CCCCCOc1cccn(CCC(N)=S)c1=O. The Kier molecular flexibility index (Phi) is 6.43. The van der Waals surface area contributed by atoms with Crippen molar-refractivity contribution in [3.63, 3.8) is 0 Å². The van der Waals surface area contributed by atoms with Crippen LogP contribution in [-0.4, -0.2) is 16.2 Å². The predicted octanol–water partition coefficient (Wildman–Crippen LogP) is 2.09. The summed E-state index contributed by atoms with van der Waals surface area (Å²) in [6, 6.07) is 3.50. The van der Waals surface area contributed by atoms with Crippen molar-refractivity contribution >= 4 is 17.2 Å². The average Bonchev–Trinajstić information content (AvgIpc) is 2.35. The zero-order valence-corrected chi connectivity index (χ0v) is 11.5. The first-order valence-electron chi connectivity index (χ1n) is 6.25. The Bertz CT molecular complexity index is 443. The van der Waals surface area contributed by atoms with Crippen molar-refractivity contribution in [2.24, 2.45) is 5.73 Å². The smallest absolute Gasteiger partial charge is 0.292 e. The normalized spacial score (nSPS) is 10.3. The molecular formula is C13H20N2O2S. The van der Waals surface area contributed by atoms with E-state index in [1.165, 1.54) is 0 Å². The summed E-state index contributed by atoms with van der Waals surface area (Å²) in [6.45, 7) is 3.22. The van der Waals surface area contributed by atoms with E-state index in [0.29, 0.717) is 30.3 Å². The van der Waals surface area contributed by atoms with Crippen molar-refractivity contribution < 1.29 is 4.74 Å². The number of unbranched alkanes of at least 4 members (excludes halogenated alkanes) is 2. The summed E-state index contributed by atoms with van der Waals surface area (Å²) in [5.74, 6) is 0.400. The monoisotopic (exact) mass is 268 g/mol. The zero-order chi connectivity index (χ0) is 13.4. The average molecular weight is 268 g/mol. The van der Waals surface area contributed by atoms with Gasteiger partial charge in [-0.3, -0.25) is 4.79 Å². The summed E-state index contributed by atoms with van der Waals surface area (Å²) in [6.07, 6.45) is 5.46. The van der Waals surface area contributed by atoms with Crippen LogP contribution in [0, 0.1) is 0 Å². The van der Waals surface area contributed by atoms with E-state index in [1.54, 1.807) is 22.9 Å². The summed E-state index contributed by atoms with van der Waals surface area (Å²) < 4.78 is 7.07. The lowest BCUT2D eigenvalue weighted by Crippen LogP contribution is -2.23. The van der Waals surface area contributed by atoms with E-state index in [1.807, 2.05) is 0 Å². The molecule has 100 valence electrons. The quantitative estimate of drug-likeness (QED) is 0.579. The van der Waals surface area contributed by atoms with Gasteiger partial charge in [-0.1, -0.05) is 32.0 Å². The van der Waals surface area contributed by atoms with Gasteiger partial charge in [0.25, 0.3) is 5.56 Å². The third kappa shape index (κ3) is 4.87. The fourth-order valence-electron chi connectivity index (χ4n) is 1.57. The maximum absolute atomic E-state index is 12.0. The minimum atomic E-state index is -0.120. The number of aromatic nitrogens is 1. The first-order valence-corrected chi connectivity index (χ1v) is 6.66. The highest BCUT2D eigenvalue weighted by Gasteiger charge is 2.04. The van der Waals surface area contributed by atoms with Crippen LogP contribution >= 0.6 is 12.2 Å². The number of ether oxygens (including phenoxy) is 1. The molecule has 0 spiro atoms. The van der Waals surface area contributed by atoms with Gasteiger partial charge in [-0.05, 0) is 18.6 Å². The lowest BCUT2D eigenvalue weighted by atomic mass is 10.3. The fraction of sp³-hybridized carbons (Fsp3) is 0.538. The molecule has 0 atom stereocenters. The minimum Gasteiger partial charge on any atom is -0.488 e. The number of hydrogen-bond acceptors (Lipinski definition) is 3. The molecule has 0 aromatic carbocycles. The lowest BCUT2D eigenvalue weighted by molar-refractivity contribution is 0.299. The molecule has 5 heteroatoms. The third-order valence-corrected chi connectivity index (χ3v) is 2.79. The Labute approximate surface area is 113 Å². The summed E-state index contributed by atoms with van der Waals surface area (Å²) in [5, 5.41) is 0. The van der Waals surface area contributed by atoms with E-state index in [9.17, 15) is 4.79 Å². The predicted molar refractivity (Wildman–Crippen MR) is 77.1 cm³/mol. The van der Waals surface area contributed by atoms with Gasteiger partial charge in [-0.25, -0.2) is 0 Å². The molecule has 1 rings (SSSR count). The van der Waals surface area contributed by atoms with Crippen LogP contribution in [0.1, 0.15) is 32.6 Å². The molecule has 2 N–H and O–H groups in total. The van der Waals surface area contributed by atoms with Crippen molar-refractivity contribution in [1.82, 2.24) is 4.57 Å². The Morgan fingerprint density at radius 2 is 2.28 bits per heavy atom. The van der Waals surface area contributed by atoms with Gasteiger partial charge in [0.15, 0.2) is 5.75 Å². The number of thiocarbonyl (C=S) groups is 1. The van der Waals surface area contributed by atoms with E-state index < -0.39 is 0 Å². The molecule has 0 unspecified atom stereocenters. The second-order valence-electron chi connectivity index (χ2n) is 4.14. The number of aryl methyl sites for hydroxylation is 1. The van der Waals surface area contributed by atoms with Gasteiger partial charge in [0.1, 0.15) is 0 Å². The van der Waals surface area contributed by atoms with Crippen molar-refractivity contribution in [3.05, 3.63) is 28.7 Å². The molecule has 0 amide bonds. The highest BCUT2D eigenvalue weighted by atomic mass is 32.1. The van der Waals surface area contributed by atoms with Gasteiger partial charge in [0.2, 0.25) is 0 Å². The molecule has 4 nitrogen and oxygen atoms in total. The summed E-state index contributed by atoms with van der Waals surface area (Å²) in [7, 11) is 0. The molecule has 0 saturated heterocycles. The maximum atomic E-state index is 12.0. The van der Waals surface area contributed by atoms with Gasteiger partial charge in [0.05, 0.1) is 11.6 Å². The third-order valence-electron chi connectivity index (χ3n) is 2.59. The molecule has 0 aliphatic rings. The number of pyridine rings is 1. The van der Waals surface area contributed by atoms with Crippen LogP contribution in [0.25, 0.3) is 0 Å². The molecular weight excluding hydrogens is 248 g/mol. The lowest BCUT2D eigenvalue weighted by Gasteiger charge is -2.09. The van der Waals surface area contributed by atoms with Crippen molar-refractivity contribution in [2.45, 2.75) is 39.2 Å². The first-order chi connectivity index (χ1) is 8.65. The molecule has 0 radical (unpaired) electrons. The topological polar surface area (TPSA) is 57.2 Å². The van der Waals surface area contributed by atoms with Crippen LogP contribution in [0.5, 0.6) is 5.75 Å². The van der Waals surface area contributed by atoms with Gasteiger partial charge < -0.3 is 15.0 Å². The fourth-order valence-corrected chi connectivity index (χ4v) is 1.66. The molecule has 18 heavy (non-hydrogen) atoms. The molecule has 1 heterocycles. The van der Waals surface area contributed by atoms with Crippen LogP contribution in [0.2, 0.25) is 0 Å². The molecule has 0 aliphatic carbocycles. The Balaban J connectivity index is 2.61. The van der Waals surface area contributed by atoms with Crippen LogP contribution in [-0.2, 0) is 6.54 Å². The Morgan fingerprint density at radius 1 is 1.50 bits per heavy atom. The molecule has 1 aromatic heterocycles. The zero-order valence-electron chi connectivity index (χ0n) is 10.7. The van der Waals surface area contributed by atoms with Gasteiger partial charge in [-0.2, -0.15) is 0 Å². The summed E-state index contributed by atoms with van der Waals surface area (Å²) in [4.78, 5) is 12.4. The standard InChI is InChI=1S/C13H20N2O2S/c1-2-3-4-10-17-11-6-5-8-15(13(11)16)9-7-12(14)18/h5-6,8H,2-4,7,9-10H2,1H3,(H2,14,18). The molecule has 0 saturated carbocycles. The second kappa shape index (κ2) is 7.87. The highest BCUT2D eigenvalue weighted by molar-refractivity contribution is 7.80. The van der Waals surface area contributed by atoms with E-state index in [-0.39, 0.29) is 5.56 Å². The summed E-state index contributed by atoms with van der Waals surface area (Å²) >= 11 is 4.80. The largest absolute Gasteiger partial charge is 0.488 e. The van der Waals surface area contributed by atoms with Crippen molar-refractivity contribution in [3.8, 4) is 5.75 Å².